The molecule has 1 aliphatic heterocycles. The molecule has 10 heteroatoms. The first-order valence-electron chi connectivity index (χ1n) is 12.4. The second-order valence-electron chi connectivity index (χ2n) is 8.85. The highest BCUT2D eigenvalue weighted by Crippen LogP contribution is 2.33. The van der Waals surface area contributed by atoms with Gasteiger partial charge in [-0.05, 0) is 73.2 Å². The summed E-state index contributed by atoms with van der Waals surface area (Å²) >= 11 is 5.83. The molecule has 0 atom stereocenters. The molecule has 0 saturated heterocycles. The third-order valence-electron chi connectivity index (χ3n) is 6.30. The Hall–Kier alpha value is -4.44. The van der Waals surface area contributed by atoms with Crippen LogP contribution < -0.4 is 34.6 Å². The summed E-state index contributed by atoms with van der Waals surface area (Å²) in [4.78, 5) is 18.0. The summed E-state index contributed by atoms with van der Waals surface area (Å²) in [6.07, 6.45) is 0. The van der Waals surface area contributed by atoms with Crippen molar-refractivity contribution in [1.82, 2.24) is 9.88 Å². The van der Waals surface area contributed by atoms with Gasteiger partial charge in [0.25, 0.3) is 5.56 Å². The van der Waals surface area contributed by atoms with Gasteiger partial charge in [0.2, 0.25) is 6.79 Å². The van der Waals surface area contributed by atoms with E-state index in [1.54, 1.807) is 20.3 Å². The zero-order valence-electron chi connectivity index (χ0n) is 21.9. The number of nitrogens with one attached hydrogen (secondary N) is 2. The first-order valence-corrected chi connectivity index (χ1v) is 12.8. The number of benzene rings is 3. The molecule has 2 heterocycles. The monoisotopic (exact) mass is 547 g/mol. The number of fused-ring (bicyclic) bond motifs is 2. The Bertz CT molecular complexity index is 1550. The number of aromatic amines is 1. The summed E-state index contributed by atoms with van der Waals surface area (Å²) in [7, 11) is 3.14. The van der Waals surface area contributed by atoms with Gasteiger partial charge in [0.1, 0.15) is 5.75 Å². The van der Waals surface area contributed by atoms with E-state index in [4.69, 9.17) is 35.9 Å². The average Bonchev–Trinajstić information content (AvgIpc) is 3.41. The molecular weight excluding hydrogens is 518 g/mol. The second kappa shape index (κ2) is 11.5. The van der Waals surface area contributed by atoms with Gasteiger partial charge in [-0.25, -0.2) is 0 Å². The predicted molar refractivity (Wildman–Crippen MR) is 153 cm³/mol. The minimum absolute atomic E-state index is 0.195. The van der Waals surface area contributed by atoms with Gasteiger partial charge < -0.3 is 38.9 Å². The Labute approximate surface area is 231 Å². The molecule has 1 aliphatic rings. The quantitative estimate of drug-likeness (QED) is 0.279. The molecule has 2 N–H and O–H groups in total. The summed E-state index contributed by atoms with van der Waals surface area (Å²) in [6, 6.07) is 18.8. The first-order chi connectivity index (χ1) is 19.0. The average molecular weight is 548 g/mol. The van der Waals surface area contributed by atoms with Crippen molar-refractivity contribution in [1.29, 1.82) is 0 Å². The topological polar surface area (TPSA) is 94.3 Å². The second-order valence-corrected chi connectivity index (χ2v) is 9.24. The van der Waals surface area contributed by atoms with Crippen molar-refractivity contribution in [3.05, 3.63) is 82.1 Å². The van der Waals surface area contributed by atoms with Crippen molar-refractivity contribution in [3.8, 4) is 28.7 Å². The SMILES string of the molecule is CCOc1ccc(NC(=S)N(Cc2ccc3c(c2)OCO3)Cc2cc3cc(OC)c(OC)cc3[nH]c2=O)cc1. The lowest BCUT2D eigenvalue weighted by Crippen LogP contribution is -2.35. The van der Waals surface area contributed by atoms with Gasteiger partial charge in [-0.3, -0.25) is 4.79 Å². The van der Waals surface area contributed by atoms with Gasteiger partial charge >= 0.3 is 0 Å². The zero-order chi connectivity index (χ0) is 27.4. The standard InChI is InChI=1S/C29H29N3O6S/c1-4-36-22-8-6-21(7-9-22)30-29(39)32(15-18-5-10-24-27(11-18)38-17-37-24)16-20-12-19-13-25(34-2)26(35-3)14-23(19)31-28(20)33/h5-14H,4,15-17H2,1-3H3,(H,30,39)(H,31,33). The number of ether oxygens (including phenoxy) is 5. The molecule has 39 heavy (non-hydrogen) atoms. The molecule has 202 valence electrons. The van der Waals surface area contributed by atoms with Crippen molar-refractivity contribution in [2.75, 3.05) is 32.9 Å². The maximum absolute atomic E-state index is 13.1. The third kappa shape index (κ3) is 5.85. The number of anilines is 1. The molecule has 0 radical (unpaired) electrons. The summed E-state index contributed by atoms with van der Waals surface area (Å²) in [6.45, 7) is 3.42. The van der Waals surface area contributed by atoms with Crippen LogP contribution in [0.25, 0.3) is 10.9 Å². The predicted octanol–water partition coefficient (Wildman–Crippen LogP) is 5.07. The lowest BCUT2D eigenvalue weighted by Gasteiger charge is -2.26. The van der Waals surface area contributed by atoms with Crippen LogP contribution in [-0.4, -0.2) is 42.6 Å². The molecule has 0 unspecified atom stereocenters. The van der Waals surface area contributed by atoms with E-state index in [1.165, 1.54) is 0 Å². The van der Waals surface area contributed by atoms with Gasteiger partial charge in [-0.2, -0.15) is 0 Å². The number of rotatable bonds is 9. The van der Waals surface area contributed by atoms with E-state index in [9.17, 15) is 4.79 Å². The Morgan fingerprint density at radius 3 is 2.46 bits per heavy atom. The van der Waals surface area contributed by atoms with Crippen molar-refractivity contribution >= 4 is 33.9 Å². The molecule has 0 aliphatic carbocycles. The summed E-state index contributed by atoms with van der Waals surface area (Å²) in [5.41, 5.74) is 2.75. The van der Waals surface area contributed by atoms with E-state index in [-0.39, 0.29) is 18.9 Å². The van der Waals surface area contributed by atoms with E-state index >= 15 is 0 Å². The number of pyridine rings is 1. The van der Waals surface area contributed by atoms with Gasteiger partial charge in [0.15, 0.2) is 28.1 Å². The lowest BCUT2D eigenvalue weighted by molar-refractivity contribution is 0.174. The highest BCUT2D eigenvalue weighted by Gasteiger charge is 2.18. The molecule has 0 bridgehead atoms. The molecule has 0 saturated carbocycles. The normalized spacial score (nSPS) is 11.8. The van der Waals surface area contributed by atoms with E-state index < -0.39 is 0 Å². The maximum atomic E-state index is 13.1. The van der Waals surface area contributed by atoms with Gasteiger partial charge in [-0.15, -0.1) is 0 Å². The number of H-pyrrole nitrogens is 1. The largest absolute Gasteiger partial charge is 0.494 e. The highest BCUT2D eigenvalue weighted by atomic mass is 32.1. The van der Waals surface area contributed by atoms with Gasteiger partial charge in [-0.1, -0.05) is 6.07 Å². The van der Waals surface area contributed by atoms with Crippen molar-refractivity contribution < 1.29 is 23.7 Å². The molecule has 0 amide bonds. The Morgan fingerprint density at radius 2 is 1.72 bits per heavy atom. The van der Waals surface area contributed by atoms with Gasteiger partial charge in [0.05, 0.1) is 32.9 Å². The molecule has 1 aromatic heterocycles. The first kappa shape index (κ1) is 26.2. The number of thiocarbonyl (C=S) groups is 1. The van der Waals surface area contributed by atoms with Crippen LogP contribution in [0.4, 0.5) is 5.69 Å². The molecule has 5 rings (SSSR count). The van der Waals surface area contributed by atoms with E-state index in [0.717, 1.165) is 22.4 Å². The molecule has 9 nitrogen and oxygen atoms in total. The minimum Gasteiger partial charge on any atom is -0.494 e. The fourth-order valence-electron chi connectivity index (χ4n) is 4.36. The number of methoxy groups -OCH3 is 2. The van der Waals surface area contributed by atoms with Crippen molar-refractivity contribution in [3.63, 3.8) is 0 Å². The van der Waals surface area contributed by atoms with Crippen LogP contribution in [-0.2, 0) is 13.1 Å². The van der Waals surface area contributed by atoms with Crippen LogP contribution in [0.1, 0.15) is 18.1 Å². The molecule has 0 fully saturated rings. The van der Waals surface area contributed by atoms with Crippen LogP contribution in [0.5, 0.6) is 28.7 Å². The Morgan fingerprint density at radius 1 is 0.974 bits per heavy atom. The van der Waals surface area contributed by atoms with Crippen LogP contribution in [0.15, 0.2) is 65.5 Å². The van der Waals surface area contributed by atoms with Crippen LogP contribution in [0.2, 0.25) is 0 Å². The van der Waals surface area contributed by atoms with E-state index in [1.807, 2.05) is 66.4 Å². The summed E-state index contributed by atoms with van der Waals surface area (Å²) in [5, 5.41) is 4.57. The maximum Gasteiger partial charge on any atom is 0.253 e. The number of nitrogens with zero attached hydrogens (tertiary/aromatic N) is 1. The summed E-state index contributed by atoms with van der Waals surface area (Å²) in [5.74, 6) is 3.28. The Balaban J connectivity index is 1.45. The van der Waals surface area contributed by atoms with Crippen LogP contribution in [0, 0.1) is 0 Å². The summed E-state index contributed by atoms with van der Waals surface area (Å²) < 4.78 is 27.4. The fraction of sp³-hybridized carbons (Fsp3) is 0.241. The van der Waals surface area contributed by atoms with Gasteiger partial charge in [0, 0.05) is 29.2 Å². The molecule has 4 aromatic rings. The zero-order valence-corrected chi connectivity index (χ0v) is 22.7. The molecule has 0 spiro atoms. The van der Waals surface area contributed by atoms with Crippen molar-refractivity contribution in [2.45, 2.75) is 20.0 Å². The fourth-order valence-corrected chi connectivity index (χ4v) is 4.61. The van der Waals surface area contributed by atoms with Crippen molar-refractivity contribution in [2.24, 2.45) is 0 Å². The smallest absolute Gasteiger partial charge is 0.253 e. The molecule has 3 aromatic carbocycles. The van der Waals surface area contributed by atoms with E-state index in [0.29, 0.717) is 52.3 Å². The number of hydrogen-bond donors (Lipinski definition) is 2. The number of hydrogen-bond acceptors (Lipinski definition) is 7. The third-order valence-corrected chi connectivity index (χ3v) is 6.66. The van der Waals surface area contributed by atoms with E-state index in [2.05, 4.69) is 10.3 Å². The lowest BCUT2D eigenvalue weighted by atomic mass is 10.1. The van der Waals surface area contributed by atoms with Crippen LogP contribution >= 0.6 is 12.2 Å². The number of aromatic nitrogens is 1. The molecular formula is C29H29N3O6S. The minimum atomic E-state index is -0.214. The highest BCUT2D eigenvalue weighted by molar-refractivity contribution is 7.80. The Kier molecular flexibility index (Phi) is 7.74. The van der Waals surface area contributed by atoms with Crippen LogP contribution in [0.3, 0.4) is 0 Å².